The van der Waals surface area contributed by atoms with Crippen LogP contribution in [-0.2, 0) is 11.2 Å². The minimum Gasteiger partial charge on any atom is -0.497 e. The first-order chi connectivity index (χ1) is 16.0. The highest BCUT2D eigenvalue weighted by atomic mass is 16.5. The molecule has 2 N–H and O–H groups in total. The molecule has 2 atom stereocenters. The van der Waals surface area contributed by atoms with E-state index in [2.05, 4.69) is 39.2 Å². The van der Waals surface area contributed by atoms with Gasteiger partial charge in [-0.3, -0.25) is 4.79 Å². The maximum absolute atomic E-state index is 11.2. The summed E-state index contributed by atoms with van der Waals surface area (Å²) in [5.74, 6) is 0.506. The van der Waals surface area contributed by atoms with Crippen molar-refractivity contribution < 1.29 is 14.6 Å². The third-order valence-corrected chi connectivity index (χ3v) is 6.34. The zero-order chi connectivity index (χ0) is 23.2. The predicted molar refractivity (Wildman–Crippen MR) is 129 cm³/mol. The van der Waals surface area contributed by atoms with Gasteiger partial charge in [0, 0.05) is 36.2 Å². The van der Waals surface area contributed by atoms with Crippen LogP contribution in [0, 0.1) is 5.92 Å². The van der Waals surface area contributed by atoms with E-state index in [-0.39, 0.29) is 5.92 Å². The molecule has 2 unspecified atom stereocenters. The molecule has 1 saturated heterocycles. The van der Waals surface area contributed by atoms with Gasteiger partial charge in [-0.05, 0) is 68.1 Å². The van der Waals surface area contributed by atoms with Gasteiger partial charge in [-0.1, -0.05) is 24.3 Å². The molecular formula is C26H30N4O3. The average Bonchev–Trinajstić information content (AvgIpc) is 2.84. The maximum Gasteiger partial charge on any atom is 0.306 e. The molecule has 1 aliphatic rings. The topological polar surface area (TPSA) is 87.6 Å². The zero-order valence-electron chi connectivity index (χ0n) is 19.1. The molecule has 172 valence electrons. The third kappa shape index (κ3) is 5.87. The van der Waals surface area contributed by atoms with E-state index in [9.17, 15) is 9.90 Å². The second kappa shape index (κ2) is 10.4. The number of hydrogen-bond donors (Lipinski definition) is 2. The van der Waals surface area contributed by atoms with Gasteiger partial charge in [-0.15, -0.1) is 0 Å². The number of nitrogens with zero attached hydrogens (tertiary/aromatic N) is 3. The number of rotatable bonds is 8. The van der Waals surface area contributed by atoms with Gasteiger partial charge in [0.25, 0.3) is 0 Å². The maximum atomic E-state index is 11.2. The summed E-state index contributed by atoms with van der Waals surface area (Å²) >= 11 is 0. The zero-order valence-corrected chi connectivity index (χ0v) is 19.1. The molecule has 0 bridgehead atoms. The summed E-state index contributed by atoms with van der Waals surface area (Å²) in [7, 11) is 1.65. The lowest BCUT2D eigenvalue weighted by molar-refractivity contribution is -0.144. The van der Waals surface area contributed by atoms with Gasteiger partial charge in [0.15, 0.2) is 0 Å². The summed E-state index contributed by atoms with van der Waals surface area (Å²) in [4.78, 5) is 22.5. The Morgan fingerprint density at radius 3 is 2.39 bits per heavy atom. The SMILES string of the molecule is COc1ccc(-c2cnc(Nc3ccc(CCN4CCC(C(=O)O)CC4C)cc3)nc2)cc1. The van der Waals surface area contributed by atoms with E-state index in [1.807, 2.05) is 36.4 Å². The molecule has 0 spiro atoms. The lowest BCUT2D eigenvalue weighted by atomic mass is 9.91. The molecule has 0 amide bonds. The summed E-state index contributed by atoms with van der Waals surface area (Å²) in [6.07, 6.45) is 6.02. The van der Waals surface area contributed by atoms with Crippen LogP contribution in [0.2, 0.25) is 0 Å². The molecule has 0 aliphatic carbocycles. The highest BCUT2D eigenvalue weighted by Gasteiger charge is 2.29. The van der Waals surface area contributed by atoms with Crippen LogP contribution in [0.1, 0.15) is 25.3 Å². The monoisotopic (exact) mass is 446 g/mol. The second-order valence-corrected chi connectivity index (χ2v) is 8.54. The van der Waals surface area contributed by atoms with Crippen molar-refractivity contribution in [2.45, 2.75) is 32.2 Å². The number of aromatic nitrogens is 2. The number of methoxy groups -OCH3 is 1. The molecule has 1 aromatic heterocycles. The Balaban J connectivity index is 1.29. The number of carbonyl (C=O) groups is 1. The number of ether oxygens (including phenoxy) is 1. The fourth-order valence-corrected chi connectivity index (χ4v) is 4.26. The van der Waals surface area contributed by atoms with Crippen LogP contribution in [0.4, 0.5) is 11.6 Å². The summed E-state index contributed by atoms with van der Waals surface area (Å²) in [5, 5.41) is 12.5. The smallest absolute Gasteiger partial charge is 0.306 e. The fraction of sp³-hybridized carbons (Fsp3) is 0.346. The quantitative estimate of drug-likeness (QED) is 0.522. The van der Waals surface area contributed by atoms with Gasteiger partial charge in [-0.25, -0.2) is 9.97 Å². The first kappa shape index (κ1) is 22.7. The highest BCUT2D eigenvalue weighted by molar-refractivity contribution is 5.70. The number of benzene rings is 2. The largest absolute Gasteiger partial charge is 0.497 e. The van der Waals surface area contributed by atoms with Crippen LogP contribution in [0.15, 0.2) is 60.9 Å². The minimum atomic E-state index is -0.663. The van der Waals surface area contributed by atoms with Crippen LogP contribution in [0.25, 0.3) is 11.1 Å². The van der Waals surface area contributed by atoms with E-state index >= 15 is 0 Å². The average molecular weight is 447 g/mol. The number of likely N-dealkylation sites (tertiary alicyclic amines) is 1. The molecule has 3 aromatic rings. The van der Waals surface area contributed by atoms with Crippen LogP contribution in [0.3, 0.4) is 0 Å². The molecule has 33 heavy (non-hydrogen) atoms. The van der Waals surface area contributed by atoms with Crippen molar-refractivity contribution in [1.82, 2.24) is 14.9 Å². The number of nitrogens with one attached hydrogen (secondary N) is 1. The third-order valence-electron chi connectivity index (χ3n) is 6.34. The standard InChI is InChI=1S/C26H30N4O3/c1-18-15-21(25(31)32)12-14-30(18)13-11-19-3-7-23(8-4-19)29-26-27-16-22(17-28-26)20-5-9-24(33-2)10-6-20/h3-10,16-18,21H,11-15H2,1-2H3,(H,31,32)(H,27,28,29). The first-order valence-corrected chi connectivity index (χ1v) is 11.3. The van der Waals surface area contributed by atoms with E-state index in [0.29, 0.717) is 12.0 Å². The second-order valence-electron chi connectivity index (χ2n) is 8.54. The van der Waals surface area contributed by atoms with Gasteiger partial charge >= 0.3 is 5.97 Å². The summed E-state index contributed by atoms with van der Waals surface area (Å²) < 4.78 is 5.20. The molecule has 2 aromatic carbocycles. The minimum absolute atomic E-state index is 0.200. The number of carboxylic acid groups (broad SMARTS) is 1. The lowest BCUT2D eigenvalue weighted by Crippen LogP contribution is -2.43. The van der Waals surface area contributed by atoms with Gasteiger partial charge < -0.3 is 20.1 Å². The molecule has 4 rings (SSSR count). The Labute approximate surface area is 194 Å². The van der Waals surface area contributed by atoms with Gasteiger partial charge in [-0.2, -0.15) is 0 Å². The summed E-state index contributed by atoms with van der Waals surface area (Å²) in [6.45, 7) is 3.92. The van der Waals surface area contributed by atoms with E-state index in [1.54, 1.807) is 19.5 Å². The van der Waals surface area contributed by atoms with E-state index in [0.717, 1.165) is 54.9 Å². The Kier molecular flexibility index (Phi) is 7.19. The number of anilines is 2. The van der Waals surface area contributed by atoms with Crippen molar-refractivity contribution in [3.05, 3.63) is 66.5 Å². The lowest BCUT2D eigenvalue weighted by Gasteiger charge is -2.36. The fourth-order valence-electron chi connectivity index (χ4n) is 4.26. The van der Waals surface area contributed by atoms with Crippen molar-refractivity contribution in [2.75, 3.05) is 25.5 Å². The van der Waals surface area contributed by atoms with Crippen LogP contribution in [-0.4, -0.2) is 52.2 Å². The van der Waals surface area contributed by atoms with Crippen molar-refractivity contribution in [3.63, 3.8) is 0 Å². The Morgan fingerprint density at radius 2 is 1.79 bits per heavy atom. The van der Waals surface area contributed by atoms with Crippen LogP contribution >= 0.6 is 0 Å². The number of piperidine rings is 1. The summed E-state index contributed by atoms with van der Waals surface area (Å²) in [6, 6.07) is 16.4. The predicted octanol–water partition coefficient (Wildman–Crippen LogP) is 4.62. The Bertz CT molecular complexity index is 1050. The van der Waals surface area contributed by atoms with E-state index < -0.39 is 5.97 Å². The number of hydrogen-bond acceptors (Lipinski definition) is 6. The molecule has 1 aliphatic heterocycles. The van der Waals surface area contributed by atoms with Crippen LogP contribution in [0.5, 0.6) is 5.75 Å². The Morgan fingerprint density at radius 1 is 1.09 bits per heavy atom. The van der Waals surface area contributed by atoms with Gasteiger partial charge in [0.1, 0.15) is 5.75 Å². The molecule has 1 fully saturated rings. The Hall–Kier alpha value is -3.45. The molecule has 2 heterocycles. The normalized spacial score (nSPS) is 18.6. The molecule has 7 nitrogen and oxygen atoms in total. The first-order valence-electron chi connectivity index (χ1n) is 11.3. The van der Waals surface area contributed by atoms with Crippen molar-refractivity contribution in [2.24, 2.45) is 5.92 Å². The van der Waals surface area contributed by atoms with Gasteiger partial charge in [0.05, 0.1) is 13.0 Å². The number of aliphatic carboxylic acids is 1. The van der Waals surface area contributed by atoms with E-state index in [1.165, 1.54) is 5.56 Å². The number of carboxylic acids is 1. The van der Waals surface area contributed by atoms with Gasteiger partial charge in [0.2, 0.25) is 5.95 Å². The molecule has 0 saturated carbocycles. The highest BCUT2D eigenvalue weighted by Crippen LogP contribution is 2.24. The van der Waals surface area contributed by atoms with E-state index in [4.69, 9.17) is 4.74 Å². The summed E-state index contributed by atoms with van der Waals surface area (Å²) in [5.41, 5.74) is 4.17. The van der Waals surface area contributed by atoms with Crippen molar-refractivity contribution >= 4 is 17.6 Å². The van der Waals surface area contributed by atoms with Crippen LogP contribution < -0.4 is 10.1 Å². The molecule has 7 heteroatoms. The molecular weight excluding hydrogens is 416 g/mol. The van der Waals surface area contributed by atoms with Crippen molar-refractivity contribution in [1.29, 1.82) is 0 Å². The molecule has 0 radical (unpaired) electrons. The van der Waals surface area contributed by atoms with Crippen molar-refractivity contribution in [3.8, 4) is 16.9 Å².